The summed E-state index contributed by atoms with van der Waals surface area (Å²) in [5, 5.41) is 0. The van der Waals surface area contributed by atoms with Gasteiger partial charge in [-0.3, -0.25) is 0 Å². The molecule has 2 aliphatic heterocycles. The third-order valence-corrected chi connectivity index (χ3v) is 6.65. The maximum absolute atomic E-state index is 12.4. The summed E-state index contributed by atoms with van der Waals surface area (Å²) < 4.78 is 28.0. The standard InChI is InChI=1S/C30H39NO6/c1-3-4-14-34-15-17-36-27-10-7-23(8-11-27)24-9-12-29-26(19-24)20-25(30(32)33-2)6-5-13-31(29)21-28-22-35-16-18-37-28/h7-12,19-20,28H,3-6,13-18,21-22H2,1-2H3/b25-20+. The van der Waals surface area contributed by atoms with E-state index in [9.17, 15) is 4.79 Å². The molecule has 2 heterocycles. The number of hydrogen-bond acceptors (Lipinski definition) is 7. The fraction of sp³-hybridized carbons (Fsp3) is 0.500. The molecule has 1 saturated heterocycles. The predicted octanol–water partition coefficient (Wildman–Crippen LogP) is 5.12. The summed E-state index contributed by atoms with van der Waals surface area (Å²) in [6.45, 7) is 7.52. The van der Waals surface area contributed by atoms with Crippen molar-refractivity contribution in [3.05, 3.63) is 53.6 Å². The number of methoxy groups -OCH3 is 1. The van der Waals surface area contributed by atoms with Crippen LogP contribution in [-0.4, -0.2) is 71.9 Å². The predicted molar refractivity (Wildman–Crippen MR) is 145 cm³/mol. The number of esters is 1. The van der Waals surface area contributed by atoms with Gasteiger partial charge < -0.3 is 28.6 Å². The molecule has 0 aromatic heterocycles. The number of benzene rings is 2. The second-order valence-corrected chi connectivity index (χ2v) is 9.39. The van der Waals surface area contributed by atoms with Gasteiger partial charge in [0.1, 0.15) is 12.4 Å². The second kappa shape index (κ2) is 14.2. The molecule has 37 heavy (non-hydrogen) atoms. The van der Waals surface area contributed by atoms with Gasteiger partial charge in [0.15, 0.2) is 0 Å². The molecule has 1 atom stereocenters. The molecule has 2 aromatic carbocycles. The van der Waals surface area contributed by atoms with E-state index in [1.54, 1.807) is 0 Å². The Labute approximate surface area is 220 Å². The molecule has 2 aromatic rings. The van der Waals surface area contributed by atoms with E-state index < -0.39 is 0 Å². The van der Waals surface area contributed by atoms with Gasteiger partial charge in [0, 0.05) is 31.0 Å². The number of ether oxygens (including phenoxy) is 5. The summed E-state index contributed by atoms with van der Waals surface area (Å²) in [5.41, 5.74) is 4.94. The summed E-state index contributed by atoms with van der Waals surface area (Å²) in [7, 11) is 1.44. The van der Waals surface area contributed by atoms with E-state index in [0.717, 1.165) is 67.1 Å². The summed E-state index contributed by atoms with van der Waals surface area (Å²) in [5.74, 6) is 0.553. The summed E-state index contributed by atoms with van der Waals surface area (Å²) in [4.78, 5) is 14.8. The number of carbonyl (C=O) groups excluding carboxylic acids is 1. The highest BCUT2D eigenvalue weighted by Gasteiger charge is 2.23. The number of fused-ring (bicyclic) bond motifs is 1. The number of carbonyl (C=O) groups is 1. The van der Waals surface area contributed by atoms with Crippen LogP contribution in [0.5, 0.6) is 5.75 Å². The molecular weight excluding hydrogens is 470 g/mol. The van der Waals surface area contributed by atoms with Crippen LogP contribution in [-0.2, 0) is 23.7 Å². The topological polar surface area (TPSA) is 66.5 Å². The van der Waals surface area contributed by atoms with Gasteiger partial charge >= 0.3 is 5.97 Å². The van der Waals surface area contributed by atoms with Crippen LogP contribution < -0.4 is 9.64 Å². The first-order valence-corrected chi connectivity index (χ1v) is 13.4. The van der Waals surface area contributed by atoms with Crippen molar-refractivity contribution in [3.63, 3.8) is 0 Å². The van der Waals surface area contributed by atoms with Crippen molar-refractivity contribution in [2.45, 2.75) is 38.7 Å². The highest BCUT2D eigenvalue weighted by molar-refractivity contribution is 5.95. The van der Waals surface area contributed by atoms with Crippen molar-refractivity contribution in [3.8, 4) is 16.9 Å². The fourth-order valence-corrected chi connectivity index (χ4v) is 4.66. The summed E-state index contributed by atoms with van der Waals surface area (Å²) in [6.07, 6.45) is 5.75. The average Bonchev–Trinajstić information content (AvgIpc) is 2.93. The van der Waals surface area contributed by atoms with E-state index in [1.165, 1.54) is 7.11 Å². The Morgan fingerprint density at radius 3 is 2.65 bits per heavy atom. The zero-order chi connectivity index (χ0) is 25.9. The van der Waals surface area contributed by atoms with Crippen LogP contribution in [0, 0.1) is 0 Å². The zero-order valence-electron chi connectivity index (χ0n) is 22.1. The van der Waals surface area contributed by atoms with E-state index in [0.29, 0.717) is 45.0 Å². The Bertz CT molecular complexity index is 1030. The highest BCUT2D eigenvalue weighted by Crippen LogP contribution is 2.33. The molecule has 4 rings (SSSR count). The fourth-order valence-electron chi connectivity index (χ4n) is 4.66. The van der Waals surface area contributed by atoms with Crippen molar-refractivity contribution in [1.82, 2.24) is 0 Å². The van der Waals surface area contributed by atoms with Crippen molar-refractivity contribution in [2.24, 2.45) is 0 Å². The van der Waals surface area contributed by atoms with Crippen LogP contribution in [0.1, 0.15) is 38.2 Å². The normalized spacial score (nSPS) is 19.2. The lowest BCUT2D eigenvalue weighted by Crippen LogP contribution is -2.41. The van der Waals surface area contributed by atoms with Crippen molar-refractivity contribution >= 4 is 17.7 Å². The lowest BCUT2D eigenvalue weighted by Gasteiger charge is -2.33. The minimum Gasteiger partial charge on any atom is -0.491 e. The maximum Gasteiger partial charge on any atom is 0.333 e. The van der Waals surface area contributed by atoms with Crippen molar-refractivity contribution in [2.75, 3.05) is 64.7 Å². The van der Waals surface area contributed by atoms with Gasteiger partial charge in [-0.05, 0) is 66.3 Å². The van der Waals surface area contributed by atoms with Crippen LogP contribution in [0.15, 0.2) is 48.0 Å². The Kier molecular flexibility index (Phi) is 10.4. The third-order valence-electron chi connectivity index (χ3n) is 6.65. The van der Waals surface area contributed by atoms with Crippen molar-refractivity contribution < 1.29 is 28.5 Å². The van der Waals surface area contributed by atoms with Crippen molar-refractivity contribution in [1.29, 1.82) is 0 Å². The SMILES string of the molecule is CCCCOCCOc1ccc(-c2ccc3c(c2)/C=C(/C(=O)OC)CCCN3CC2COCCO2)cc1. The maximum atomic E-state index is 12.4. The average molecular weight is 510 g/mol. The molecule has 0 bridgehead atoms. The van der Waals surface area contributed by atoms with Crippen LogP contribution in [0.4, 0.5) is 5.69 Å². The van der Waals surface area contributed by atoms with Gasteiger partial charge in [-0.1, -0.05) is 31.5 Å². The number of nitrogens with zero attached hydrogens (tertiary/aromatic N) is 1. The van der Waals surface area contributed by atoms with Gasteiger partial charge in [0.25, 0.3) is 0 Å². The van der Waals surface area contributed by atoms with E-state index in [4.69, 9.17) is 23.7 Å². The molecule has 1 fully saturated rings. The molecule has 0 spiro atoms. The third kappa shape index (κ3) is 7.81. The van der Waals surface area contributed by atoms with Gasteiger partial charge in [-0.25, -0.2) is 4.79 Å². The molecule has 0 saturated carbocycles. The van der Waals surface area contributed by atoms with E-state index in [2.05, 4.69) is 42.2 Å². The van der Waals surface area contributed by atoms with Crippen LogP contribution in [0.2, 0.25) is 0 Å². The van der Waals surface area contributed by atoms with Gasteiger partial charge in [-0.2, -0.15) is 0 Å². The molecule has 7 nitrogen and oxygen atoms in total. The molecule has 0 aliphatic carbocycles. The molecule has 2 aliphatic rings. The van der Waals surface area contributed by atoms with E-state index in [-0.39, 0.29) is 12.1 Å². The summed E-state index contributed by atoms with van der Waals surface area (Å²) >= 11 is 0. The first-order chi connectivity index (χ1) is 18.2. The molecular formula is C30H39NO6. The van der Waals surface area contributed by atoms with Crippen LogP contribution in [0.25, 0.3) is 17.2 Å². The number of hydrogen-bond donors (Lipinski definition) is 0. The van der Waals surface area contributed by atoms with Gasteiger partial charge in [0.2, 0.25) is 0 Å². The molecule has 1 unspecified atom stereocenters. The Morgan fingerprint density at radius 2 is 1.89 bits per heavy atom. The second-order valence-electron chi connectivity index (χ2n) is 9.39. The largest absolute Gasteiger partial charge is 0.491 e. The number of rotatable bonds is 11. The van der Waals surface area contributed by atoms with Gasteiger partial charge in [-0.15, -0.1) is 0 Å². The highest BCUT2D eigenvalue weighted by atomic mass is 16.6. The first-order valence-electron chi connectivity index (χ1n) is 13.4. The molecule has 200 valence electrons. The lowest BCUT2D eigenvalue weighted by atomic mass is 9.96. The zero-order valence-corrected chi connectivity index (χ0v) is 22.1. The molecule has 0 N–H and O–H groups in total. The Hall–Kier alpha value is -2.87. The monoisotopic (exact) mass is 509 g/mol. The Morgan fingerprint density at radius 1 is 1.05 bits per heavy atom. The number of unbranched alkanes of at least 4 members (excludes halogenated alkanes) is 1. The minimum absolute atomic E-state index is 0.0364. The lowest BCUT2D eigenvalue weighted by molar-refractivity contribution is -0.136. The molecule has 0 radical (unpaired) electrons. The quantitative estimate of drug-likeness (QED) is 0.308. The van der Waals surface area contributed by atoms with Crippen LogP contribution in [0.3, 0.4) is 0 Å². The summed E-state index contributed by atoms with van der Waals surface area (Å²) in [6, 6.07) is 14.5. The Balaban J connectivity index is 1.52. The molecule has 7 heteroatoms. The van der Waals surface area contributed by atoms with Gasteiger partial charge in [0.05, 0.1) is 39.6 Å². The number of anilines is 1. The van der Waals surface area contributed by atoms with Crippen LogP contribution >= 0.6 is 0 Å². The molecule has 0 amide bonds. The smallest absolute Gasteiger partial charge is 0.333 e. The van der Waals surface area contributed by atoms with E-state index in [1.807, 2.05) is 18.2 Å². The first kappa shape index (κ1) is 27.2. The van der Waals surface area contributed by atoms with E-state index >= 15 is 0 Å². The minimum atomic E-state index is -0.269.